The van der Waals surface area contributed by atoms with Gasteiger partial charge in [-0.1, -0.05) is 27.7 Å². The maximum atomic E-state index is 11.3. The highest BCUT2D eigenvalue weighted by Gasteiger charge is 2.24. The summed E-state index contributed by atoms with van der Waals surface area (Å²) in [6, 6.07) is 0.141. The monoisotopic (exact) mass is 281 g/mol. The molecule has 0 spiro atoms. The molecule has 7 heteroatoms. The Balaban J connectivity index is 3.08. The summed E-state index contributed by atoms with van der Waals surface area (Å²) in [7, 11) is 0. The molecule has 0 fully saturated rings. The summed E-state index contributed by atoms with van der Waals surface area (Å²) in [5.41, 5.74) is -0.0833. The van der Waals surface area contributed by atoms with E-state index in [0.717, 1.165) is 12.8 Å². The van der Waals surface area contributed by atoms with E-state index in [4.69, 9.17) is 0 Å². The van der Waals surface area contributed by atoms with Gasteiger partial charge in [-0.05, 0) is 18.8 Å². The quantitative estimate of drug-likeness (QED) is 0.562. The highest BCUT2D eigenvalue weighted by Crippen LogP contribution is 2.30. The van der Waals surface area contributed by atoms with E-state index < -0.39 is 4.92 Å². The van der Waals surface area contributed by atoms with Crippen molar-refractivity contribution in [1.29, 1.82) is 0 Å². The number of aromatic nitrogens is 2. The maximum absolute atomic E-state index is 11.3. The molecule has 1 aromatic rings. The Morgan fingerprint density at radius 2 is 1.95 bits per heavy atom. The number of nitrogens with zero attached hydrogens (tertiary/aromatic N) is 3. The Morgan fingerprint density at radius 3 is 2.45 bits per heavy atom. The highest BCUT2D eigenvalue weighted by atomic mass is 16.6. The average molecular weight is 281 g/mol. The second-order valence-corrected chi connectivity index (χ2v) is 5.01. The van der Waals surface area contributed by atoms with Crippen LogP contribution in [0.15, 0.2) is 6.33 Å². The lowest BCUT2D eigenvalue weighted by Gasteiger charge is -2.21. The fourth-order valence-electron chi connectivity index (χ4n) is 1.95. The molecule has 0 saturated heterocycles. The molecule has 0 amide bonds. The standard InChI is InChI=1S/C13H23N5O2/c1-5-7-14-12-11(18(19)20)13(16-8-15-12)17-10(6-2)9(3)4/h8-10H,5-7H2,1-4H3,(H2,14,15,16,17). The van der Waals surface area contributed by atoms with E-state index in [1.165, 1.54) is 6.33 Å². The molecule has 112 valence electrons. The Morgan fingerprint density at radius 1 is 1.30 bits per heavy atom. The SMILES string of the molecule is CCCNc1ncnc(NC(CC)C(C)C)c1[N+](=O)[O-]. The van der Waals surface area contributed by atoms with Crippen LogP contribution in [0.5, 0.6) is 0 Å². The van der Waals surface area contributed by atoms with Gasteiger partial charge in [0.25, 0.3) is 0 Å². The lowest BCUT2D eigenvalue weighted by molar-refractivity contribution is -0.383. The molecule has 1 unspecified atom stereocenters. The Kier molecular flexibility index (Phi) is 6.14. The molecule has 0 aliphatic rings. The van der Waals surface area contributed by atoms with Crippen LogP contribution in [0.25, 0.3) is 0 Å². The molecule has 7 nitrogen and oxygen atoms in total. The average Bonchev–Trinajstić information content (AvgIpc) is 2.41. The zero-order chi connectivity index (χ0) is 15.1. The van der Waals surface area contributed by atoms with Gasteiger partial charge in [0.05, 0.1) is 4.92 Å². The first kappa shape index (κ1) is 16.1. The summed E-state index contributed by atoms with van der Waals surface area (Å²) in [6.45, 7) is 8.82. The molecule has 0 aromatic carbocycles. The van der Waals surface area contributed by atoms with Crippen molar-refractivity contribution < 1.29 is 4.92 Å². The van der Waals surface area contributed by atoms with Crippen LogP contribution in [0.3, 0.4) is 0 Å². The van der Waals surface area contributed by atoms with Gasteiger partial charge in [0.1, 0.15) is 6.33 Å². The minimum Gasteiger partial charge on any atom is -0.364 e. The first-order valence-corrected chi connectivity index (χ1v) is 7.01. The van der Waals surface area contributed by atoms with Gasteiger partial charge in [-0.25, -0.2) is 9.97 Å². The summed E-state index contributed by atoms with van der Waals surface area (Å²) in [5, 5.41) is 17.4. The van der Waals surface area contributed by atoms with Crippen LogP contribution in [0.2, 0.25) is 0 Å². The van der Waals surface area contributed by atoms with Crippen LogP contribution in [-0.4, -0.2) is 27.5 Å². The smallest absolute Gasteiger partial charge is 0.353 e. The highest BCUT2D eigenvalue weighted by molar-refractivity contribution is 5.69. The van der Waals surface area contributed by atoms with Crippen LogP contribution in [0, 0.1) is 16.0 Å². The van der Waals surface area contributed by atoms with Gasteiger partial charge < -0.3 is 10.6 Å². The Hall–Kier alpha value is -1.92. The van der Waals surface area contributed by atoms with Gasteiger partial charge in [-0.2, -0.15) is 0 Å². The van der Waals surface area contributed by atoms with E-state index >= 15 is 0 Å². The molecular weight excluding hydrogens is 258 g/mol. The summed E-state index contributed by atoms with van der Waals surface area (Å²) < 4.78 is 0. The second-order valence-electron chi connectivity index (χ2n) is 5.01. The molecule has 0 bridgehead atoms. The van der Waals surface area contributed by atoms with E-state index in [1.54, 1.807) is 0 Å². The molecule has 20 heavy (non-hydrogen) atoms. The van der Waals surface area contributed by atoms with Crippen molar-refractivity contribution >= 4 is 17.3 Å². The summed E-state index contributed by atoms with van der Waals surface area (Å²) in [6.07, 6.45) is 3.09. The van der Waals surface area contributed by atoms with E-state index in [0.29, 0.717) is 12.5 Å². The lowest BCUT2D eigenvalue weighted by atomic mass is 10.0. The number of hydrogen-bond acceptors (Lipinski definition) is 6. The van der Waals surface area contributed by atoms with Crippen molar-refractivity contribution in [1.82, 2.24) is 9.97 Å². The van der Waals surface area contributed by atoms with E-state index in [-0.39, 0.29) is 23.4 Å². The van der Waals surface area contributed by atoms with Crippen LogP contribution >= 0.6 is 0 Å². The van der Waals surface area contributed by atoms with Crippen molar-refractivity contribution in [3.05, 3.63) is 16.4 Å². The van der Waals surface area contributed by atoms with Crippen molar-refractivity contribution in [2.45, 2.75) is 46.6 Å². The van der Waals surface area contributed by atoms with Crippen LogP contribution < -0.4 is 10.6 Å². The number of nitro groups is 1. The van der Waals surface area contributed by atoms with Gasteiger partial charge >= 0.3 is 5.69 Å². The first-order valence-electron chi connectivity index (χ1n) is 7.01. The molecule has 1 aromatic heterocycles. The lowest BCUT2D eigenvalue weighted by Crippen LogP contribution is -2.26. The van der Waals surface area contributed by atoms with Gasteiger partial charge in [-0.15, -0.1) is 0 Å². The molecule has 1 heterocycles. The van der Waals surface area contributed by atoms with Gasteiger partial charge in [0.2, 0.25) is 11.6 Å². The van der Waals surface area contributed by atoms with Crippen LogP contribution in [-0.2, 0) is 0 Å². The third kappa shape index (κ3) is 4.04. The van der Waals surface area contributed by atoms with Gasteiger partial charge in [0.15, 0.2) is 0 Å². The summed E-state index contributed by atoms with van der Waals surface area (Å²) in [5.74, 6) is 0.915. The predicted octanol–water partition coefficient (Wildman–Crippen LogP) is 3.05. The molecule has 1 rings (SSSR count). The number of rotatable bonds is 8. The molecule has 0 aliphatic carbocycles. The second kappa shape index (κ2) is 7.62. The minimum atomic E-state index is -0.437. The van der Waals surface area contributed by atoms with Crippen molar-refractivity contribution in [3.63, 3.8) is 0 Å². The van der Waals surface area contributed by atoms with Gasteiger partial charge in [0, 0.05) is 12.6 Å². The zero-order valence-corrected chi connectivity index (χ0v) is 12.5. The van der Waals surface area contributed by atoms with Crippen molar-refractivity contribution in [3.8, 4) is 0 Å². The van der Waals surface area contributed by atoms with Crippen LogP contribution in [0.4, 0.5) is 17.3 Å². The summed E-state index contributed by atoms with van der Waals surface area (Å²) >= 11 is 0. The predicted molar refractivity (Wildman–Crippen MR) is 80.0 cm³/mol. The van der Waals surface area contributed by atoms with E-state index in [9.17, 15) is 10.1 Å². The first-order chi connectivity index (χ1) is 9.51. The molecule has 0 aliphatic heterocycles. The largest absolute Gasteiger partial charge is 0.364 e. The van der Waals surface area contributed by atoms with Crippen LogP contribution in [0.1, 0.15) is 40.5 Å². The Labute approximate surface area is 119 Å². The molecule has 0 radical (unpaired) electrons. The third-order valence-corrected chi connectivity index (χ3v) is 3.11. The number of hydrogen-bond donors (Lipinski definition) is 2. The van der Waals surface area contributed by atoms with E-state index in [2.05, 4.69) is 34.4 Å². The molecular formula is C13H23N5O2. The summed E-state index contributed by atoms with van der Waals surface area (Å²) in [4.78, 5) is 18.9. The Bertz CT molecular complexity index is 450. The minimum absolute atomic E-state index is 0.0833. The molecule has 0 saturated carbocycles. The fourth-order valence-corrected chi connectivity index (χ4v) is 1.95. The molecule has 1 atom stereocenters. The fraction of sp³-hybridized carbons (Fsp3) is 0.692. The van der Waals surface area contributed by atoms with Crippen molar-refractivity contribution in [2.75, 3.05) is 17.2 Å². The zero-order valence-electron chi connectivity index (χ0n) is 12.5. The molecule has 2 N–H and O–H groups in total. The maximum Gasteiger partial charge on any atom is 0.353 e. The number of nitrogens with one attached hydrogen (secondary N) is 2. The van der Waals surface area contributed by atoms with Crippen molar-refractivity contribution in [2.24, 2.45) is 5.92 Å². The normalized spacial score (nSPS) is 12.2. The van der Waals surface area contributed by atoms with Gasteiger partial charge in [-0.3, -0.25) is 10.1 Å². The topological polar surface area (TPSA) is 93.0 Å². The third-order valence-electron chi connectivity index (χ3n) is 3.11. The van der Waals surface area contributed by atoms with E-state index in [1.807, 2.05) is 13.8 Å². The number of anilines is 2.